The Bertz CT molecular complexity index is 733. The van der Waals surface area contributed by atoms with Gasteiger partial charge in [-0.15, -0.1) is 11.3 Å². The van der Waals surface area contributed by atoms with Gasteiger partial charge in [-0.05, 0) is 57.2 Å². The molecule has 2 rings (SSSR count). The zero-order chi connectivity index (χ0) is 17.0. The van der Waals surface area contributed by atoms with Gasteiger partial charge >= 0.3 is 5.97 Å². The van der Waals surface area contributed by atoms with E-state index in [9.17, 15) is 14.4 Å². The summed E-state index contributed by atoms with van der Waals surface area (Å²) in [4.78, 5) is 36.6. The number of rotatable bonds is 5. The first-order valence-corrected chi connectivity index (χ1v) is 7.88. The maximum absolute atomic E-state index is 12.1. The molecule has 0 unspecified atom stereocenters. The van der Waals surface area contributed by atoms with Gasteiger partial charge in [0.25, 0.3) is 5.91 Å². The highest BCUT2D eigenvalue weighted by Gasteiger charge is 2.20. The molecule has 1 amide bonds. The summed E-state index contributed by atoms with van der Waals surface area (Å²) in [6.45, 7) is 4.88. The molecule has 0 fully saturated rings. The lowest BCUT2D eigenvalue weighted by Gasteiger charge is -2.13. The van der Waals surface area contributed by atoms with Gasteiger partial charge in [0.05, 0.1) is 0 Å². The molecule has 6 heteroatoms. The molecule has 0 spiro atoms. The van der Waals surface area contributed by atoms with E-state index in [0.29, 0.717) is 16.1 Å². The number of benzene rings is 1. The minimum atomic E-state index is -0.919. The van der Waals surface area contributed by atoms with Crippen LogP contribution in [0.25, 0.3) is 0 Å². The summed E-state index contributed by atoms with van der Waals surface area (Å²) in [5.74, 6) is -0.990. The van der Waals surface area contributed by atoms with Gasteiger partial charge in [-0.3, -0.25) is 9.59 Å². The molecule has 0 saturated heterocycles. The van der Waals surface area contributed by atoms with Crippen molar-refractivity contribution in [1.29, 1.82) is 0 Å². The zero-order valence-electron chi connectivity index (χ0n) is 13.1. The number of carbonyl (C=O) groups excluding carboxylic acids is 3. The second-order valence-corrected chi connectivity index (χ2v) is 6.37. The number of ether oxygens (including phenoxy) is 1. The van der Waals surface area contributed by atoms with Crippen molar-refractivity contribution < 1.29 is 19.1 Å². The van der Waals surface area contributed by atoms with Gasteiger partial charge in [-0.2, -0.15) is 0 Å². The number of thiophene rings is 1. The topological polar surface area (TPSA) is 72.5 Å². The number of esters is 1. The van der Waals surface area contributed by atoms with Crippen molar-refractivity contribution in [3.05, 3.63) is 51.7 Å². The Labute approximate surface area is 138 Å². The van der Waals surface area contributed by atoms with E-state index in [2.05, 4.69) is 5.32 Å². The summed E-state index contributed by atoms with van der Waals surface area (Å²) in [5, 5.41) is 2.65. The Morgan fingerprint density at radius 2 is 1.74 bits per heavy atom. The first kappa shape index (κ1) is 16.9. The van der Waals surface area contributed by atoms with Crippen LogP contribution in [0, 0.1) is 6.92 Å². The Hall–Kier alpha value is -2.47. The van der Waals surface area contributed by atoms with Crippen molar-refractivity contribution in [3.8, 4) is 0 Å². The third-order valence-corrected chi connectivity index (χ3v) is 4.13. The highest BCUT2D eigenvalue weighted by Crippen LogP contribution is 2.17. The number of amides is 1. The van der Waals surface area contributed by atoms with E-state index in [0.717, 1.165) is 4.88 Å². The molecule has 1 heterocycles. The number of Topliss-reactive ketones (excluding diaryl/α,β-unsaturated/α-hetero) is 1. The standard InChI is InChI=1S/C17H17NO4S/c1-10-4-9-15(23-10)17(21)22-12(3)16(20)18-14-7-5-13(6-8-14)11(2)19/h4-9,12H,1-3H3,(H,18,20)/t12-/m0/s1. The second-order valence-electron chi connectivity index (χ2n) is 5.08. The number of carbonyl (C=O) groups is 3. The van der Waals surface area contributed by atoms with Gasteiger partial charge in [-0.25, -0.2) is 4.79 Å². The Morgan fingerprint density at radius 3 is 2.26 bits per heavy atom. The predicted octanol–water partition coefficient (Wildman–Crippen LogP) is 3.44. The van der Waals surface area contributed by atoms with Crippen LogP contribution < -0.4 is 5.32 Å². The molecule has 1 atom stereocenters. The molecule has 5 nitrogen and oxygen atoms in total. The predicted molar refractivity (Wildman–Crippen MR) is 89.0 cm³/mol. The van der Waals surface area contributed by atoms with Crippen LogP contribution in [0.1, 0.15) is 38.8 Å². The van der Waals surface area contributed by atoms with E-state index < -0.39 is 18.0 Å². The SMILES string of the molecule is CC(=O)c1ccc(NC(=O)[C@H](C)OC(=O)c2ccc(C)s2)cc1. The summed E-state index contributed by atoms with van der Waals surface area (Å²) >= 11 is 1.32. The Morgan fingerprint density at radius 1 is 1.09 bits per heavy atom. The summed E-state index contributed by atoms with van der Waals surface area (Å²) in [7, 11) is 0. The van der Waals surface area contributed by atoms with Crippen molar-refractivity contribution in [1.82, 2.24) is 0 Å². The number of aryl methyl sites for hydroxylation is 1. The minimum absolute atomic E-state index is 0.0450. The highest BCUT2D eigenvalue weighted by molar-refractivity contribution is 7.13. The fourth-order valence-corrected chi connectivity index (χ4v) is 2.60. The molecule has 0 saturated carbocycles. The summed E-state index contributed by atoms with van der Waals surface area (Å²) in [5.41, 5.74) is 1.10. The first-order chi connectivity index (χ1) is 10.9. The molecule has 0 radical (unpaired) electrons. The Balaban J connectivity index is 1.94. The number of hydrogen-bond acceptors (Lipinski definition) is 5. The first-order valence-electron chi connectivity index (χ1n) is 7.06. The van der Waals surface area contributed by atoms with E-state index in [1.54, 1.807) is 30.3 Å². The lowest BCUT2D eigenvalue weighted by molar-refractivity contribution is -0.123. The molecule has 0 aliphatic heterocycles. The highest BCUT2D eigenvalue weighted by atomic mass is 32.1. The molecule has 0 bridgehead atoms. The maximum Gasteiger partial charge on any atom is 0.349 e. The van der Waals surface area contributed by atoms with Crippen LogP contribution in [0.2, 0.25) is 0 Å². The fraction of sp³-hybridized carbons (Fsp3) is 0.235. The normalized spacial score (nSPS) is 11.6. The van der Waals surface area contributed by atoms with Gasteiger partial charge in [-0.1, -0.05) is 0 Å². The van der Waals surface area contributed by atoms with Gasteiger partial charge in [0.1, 0.15) is 4.88 Å². The van der Waals surface area contributed by atoms with Crippen molar-refractivity contribution in [2.75, 3.05) is 5.32 Å². The summed E-state index contributed by atoms with van der Waals surface area (Å²) in [6.07, 6.45) is -0.919. The molecule has 1 aromatic heterocycles. The summed E-state index contributed by atoms with van der Waals surface area (Å²) < 4.78 is 5.15. The third kappa shape index (κ3) is 4.50. The third-order valence-electron chi connectivity index (χ3n) is 3.15. The quantitative estimate of drug-likeness (QED) is 0.673. The summed E-state index contributed by atoms with van der Waals surface area (Å²) in [6, 6.07) is 10.0. The monoisotopic (exact) mass is 331 g/mol. The number of ketones is 1. The van der Waals surface area contributed by atoms with Crippen LogP contribution in [-0.2, 0) is 9.53 Å². The van der Waals surface area contributed by atoms with Gasteiger partial charge in [0.2, 0.25) is 0 Å². The Kier molecular flexibility index (Phi) is 5.28. The smallest absolute Gasteiger partial charge is 0.349 e. The average molecular weight is 331 g/mol. The van der Waals surface area contributed by atoms with Crippen molar-refractivity contribution in [3.63, 3.8) is 0 Å². The molecule has 2 aromatic rings. The van der Waals surface area contributed by atoms with Crippen molar-refractivity contribution in [2.24, 2.45) is 0 Å². The minimum Gasteiger partial charge on any atom is -0.448 e. The van der Waals surface area contributed by atoms with E-state index >= 15 is 0 Å². The van der Waals surface area contributed by atoms with E-state index in [4.69, 9.17) is 4.74 Å². The lowest BCUT2D eigenvalue weighted by Crippen LogP contribution is -2.29. The zero-order valence-corrected chi connectivity index (χ0v) is 13.9. The van der Waals surface area contributed by atoms with Gasteiger partial charge < -0.3 is 10.1 Å². The van der Waals surface area contributed by atoms with E-state index in [1.807, 2.05) is 13.0 Å². The molecule has 0 aliphatic carbocycles. The molecule has 1 N–H and O–H groups in total. The molecule has 0 aliphatic rings. The van der Waals surface area contributed by atoms with Crippen LogP contribution in [0.5, 0.6) is 0 Å². The molecule has 120 valence electrons. The average Bonchev–Trinajstić information content (AvgIpc) is 2.94. The number of anilines is 1. The van der Waals surface area contributed by atoms with Crippen LogP contribution in [0.3, 0.4) is 0 Å². The fourth-order valence-electron chi connectivity index (χ4n) is 1.85. The molecular weight excluding hydrogens is 314 g/mol. The van der Waals surface area contributed by atoms with Crippen molar-refractivity contribution >= 4 is 34.7 Å². The largest absolute Gasteiger partial charge is 0.448 e. The number of hydrogen-bond donors (Lipinski definition) is 1. The van der Waals surface area contributed by atoms with Crippen molar-refractivity contribution in [2.45, 2.75) is 26.9 Å². The molecule has 23 heavy (non-hydrogen) atoms. The van der Waals surface area contributed by atoms with E-state index in [1.165, 1.54) is 25.2 Å². The second kappa shape index (κ2) is 7.19. The molecular formula is C17H17NO4S. The number of nitrogens with one attached hydrogen (secondary N) is 1. The van der Waals surface area contributed by atoms with Gasteiger partial charge in [0, 0.05) is 16.1 Å². The van der Waals surface area contributed by atoms with Crippen LogP contribution in [-0.4, -0.2) is 23.8 Å². The lowest BCUT2D eigenvalue weighted by atomic mass is 10.1. The van der Waals surface area contributed by atoms with E-state index in [-0.39, 0.29) is 5.78 Å². The maximum atomic E-state index is 12.1. The van der Waals surface area contributed by atoms with Crippen LogP contribution >= 0.6 is 11.3 Å². The molecule has 1 aromatic carbocycles. The van der Waals surface area contributed by atoms with Crippen LogP contribution in [0.15, 0.2) is 36.4 Å². The van der Waals surface area contributed by atoms with Gasteiger partial charge in [0.15, 0.2) is 11.9 Å². The van der Waals surface area contributed by atoms with Crippen LogP contribution in [0.4, 0.5) is 5.69 Å².